The predicted octanol–water partition coefficient (Wildman–Crippen LogP) is 1.58. The Labute approximate surface area is 142 Å². The summed E-state index contributed by atoms with van der Waals surface area (Å²) in [6.45, 7) is 3.15. The minimum Gasteiger partial charge on any atom is -0.301 e. The molecule has 2 N–H and O–H groups in total. The van der Waals surface area contributed by atoms with E-state index in [-0.39, 0.29) is 0 Å². The molecule has 1 saturated heterocycles. The van der Waals surface area contributed by atoms with Gasteiger partial charge in [0.05, 0.1) is 11.3 Å². The average molecular weight is 330 g/mol. The summed E-state index contributed by atoms with van der Waals surface area (Å²) in [5, 5.41) is 8.76. The monoisotopic (exact) mass is 330 g/mol. The summed E-state index contributed by atoms with van der Waals surface area (Å²) in [6.07, 6.45) is 9.06. The van der Waals surface area contributed by atoms with Crippen LogP contribution in [0.4, 0.5) is 0 Å². The number of carbonyl (C=O) groups excluding carboxylic acids is 1. The highest BCUT2D eigenvalue weighted by Gasteiger charge is 2.46. The van der Waals surface area contributed by atoms with E-state index >= 15 is 0 Å². The third-order valence-corrected chi connectivity index (χ3v) is 6.47. The van der Waals surface area contributed by atoms with Crippen molar-refractivity contribution < 1.29 is 10.0 Å². The molecule has 1 spiro atoms. The van der Waals surface area contributed by atoms with Crippen LogP contribution in [0.1, 0.15) is 53.7 Å². The van der Waals surface area contributed by atoms with Gasteiger partial charge in [-0.05, 0) is 63.7 Å². The van der Waals surface area contributed by atoms with Crippen molar-refractivity contribution in [3.05, 3.63) is 29.1 Å². The second kappa shape index (κ2) is 6.10. The number of carbonyl (C=O) groups is 1. The van der Waals surface area contributed by atoms with Gasteiger partial charge in [0.2, 0.25) is 0 Å². The minimum absolute atomic E-state index is 0.428. The molecule has 1 aromatic rings. The van der Waals surface area contributed by atoms with Gasteiger partial charge in [0.1, 0.15) is 0 Å². The van der Waals surface area contributed by atoms with Crippen molar-refractivity contribution in [3.63, 3.8) is 0 Å². The van der Waals surface area contributed by atoms with E-state index < -0.39 is 5.91 Å². The number of pyridine rings is 1. The van der Waals surface area contributed by atoms with Crippen LogP contribution >= 0.6 is 0 Å². The van der Waals surface area contributed by atoms with Gasteiger partial charge in [0, 0.05) is 30.9 Å². The molecule has 6 heteroatoms. The van der Waals surface area contributed by atoms with Crippen molar-refractivity contribution in [2.24, 2.45) is 0 Å². The van der Waals surface area contributed by atoms with Crippen LogP contribution in [-0.4, -0.2) is 57.6 Å². The van der Waals surface area contributed by atoms with Gasteiger partial charge in [0.15, 0.2) is 0 Å². The SMILES string of the molecule is CN1CCC[C@]12CC[C@@H](N1CCc3cc(C(=O)NO)cnc3C1)C2. The number of rotatable bonds is 2. The molecule has 130 valence electrons. The number of nitrogens with one attached hydrogen (secondary N) is 1. The Morgan fingerprint density at radius 2 is 2.29 bits per heavy atom. The quantitative estimate of drug-likeness (QED) is 0.636. The molecule has 24 heavy (non-hydrogen) atoms. The number of hydroxylamine groups is 1. The van der Waals surface area contributed by atoms with Gasteiger partial charge in [-0.2, -0.15) is 0 Å². The van der Waals surface area contributed by atoms with Gasteiger partial charge in [0.25, 0.3) is 5.91 Å². The Balaban J connectivity index is 1.46. The zero-order valence-electron chi connectivity index (χ0n) is 14.3. The molecule has 2 aliphatic heterocycles. The highest BCUT2D eigenvalue weighted by molar-refractivity contribution is 5.93. The van der Waals surface area contributed by atoms with Crippen LogP contribution in [0, 0.1) is 0 Å². The smallest absolute Gasteiger partial charge is 0.276 e. The zero-order chi connectivity index (χ0) is 16.7. The normalized spacial score (nSPS) is 30.7. The molecule has 1 amide bonds. The number of hydrogen-bond acceptors (Lipinski definition) is 5. The topological polar surface area (TPSA) is 68.7 Å². The number of aromatic nitrogens is 1. The largest absolute Gasteiger partial charge is 0.301 e. The maximum atomic E-state index is 11.5. The molecule has 0 radical (unpaired) electrons. The van der Waals surface area contributed by atoms with E-state index in [9.17, 15) is 4.79 Å². The average Bonchev–Trinajstić information content (AvgIpc) is 3.20. The summed E-state index contributed by atoms with van der Waals surface area (Å²) in [6, 6.07) is 2.52. The minimum atomic E-state index is -0.491. The summed E-state index contributed by atoms with van der Waals surface area (Å²) in [4.78, 5) is 21.2. The van der Waals surface area contributed by atoms with Crippen molar-refractivity contribution in [2.45, 2.75) is 56.7 Å². The molecular weight excluding hydrogens is 304 g/mol. The van der Waals surface area contributed by atoms with E-state index in [1.807, 2.05) is 6.07 Å². The number of hydrogen-bond donors (Lipinski definition) is 2. The number of likely N-dealkylation sites (tertiary alicyclic amines) is 1. The van der Waals surface area contributed by atoms with Gasteiger partial charge in [-0.3, -0.25) is 19.9 Å². The van der Waals surface area contributed by atoms with Crippen molar-refractivity contribution in [1.82, 2.24) is 20.3 Å². The molecule has 0 aromatic carbocycles. The van der Waals surface area contributed by atoms with Crippen molar-refractivity contribution in [1.29, 1.82) is 0 Å². The molecule has 1 aromatic heterocycles. The summed E-state index contributed by atoms with van der Waals surface area (Å²) in [5.74, 6) is -0.491. The molecule has 3 aliphatic rings. The first kappa shape index (κ1) is 16.0. The fraction of sp³-hybridized carbons (Fsp3) is 0.667. The Morgan fingerprint density at radius 3 is 3.04 bits per heavy atom. The summed E-state index contributed by atoms with van der Waals surface area (Å²) < 4.78 is 0. The molecule has 6 nitrogen and oxygen atoms in total. The van der Waals surface area contributed by atoms with E-state index in [0.717, 1.165) is 30.8 Å². The highest BCUT2D eigenvalue weighted by Crippen LogP contribution is 2.44. The van der Waals surface area contributed by atoms with Gasteiger partial charge < -0.3 is 4.90 Å². The van der Waals surface area contributed by atoms with Crippen molar-refractivity contribution >= 4 is 5.91 Å². The van der Waals surface area contributed by atoms with Gasteiger partial charge in [-0.25, -0.2) is 5.48 Å². The zero-order valence-corrected chi connectivity index (χ0v) is 14.3. The second-order valence-corrected chi connectivity index (χ2v) is 7.64. The van der Waals surface area contributed by atoms with Gasteiger partial charge in [-0.15, -0.1) is 0 Å². The van der Waals surface area contributed by atoms with Crippen LogP contribution in [0.3, 0.4) is 0 Å². The lowest BCUT2D eigenvalue weighted by atomic mass is 9.93. The molecular formula is C18H26N4O2. The van der Waals surface area contributed by atoms with E-state index in [2.05, 4.69) is 21.8 Å². The highest BCUT2D eigenvalue weighted by atomic mass is 16.5. The van der Waals surface area contributed by atoms with E-state index in [0.29, 0.717) is 17.1 Å². The van der Waals surface area contributed by atoms with Gasteiger partial charge in [-0.1, -0.05) is 0 Å². The van der Waals surface area contributed by atoms with Crippen LogP contribution in [0.15, 0.2) is 12.3 Å². The molecule has 3 heterocycles. The molecule has 0 bridgehead atoms. The second-order valence-electron chi connectivity index (χ2n) is 7.64. The fourth-order valence-corrected chi connectivity index (χ4v) is 4.97. The Bertz CT molecular complexity index is 650. The van der Waals surface area contributed by atoms with Crippen LogP contribution in [0.5, 0.6) is 0 Å². The van der Waals surface area contributed by atoms with Crippen LogP contribution in [0.2, 0.25) is 0 Å². The molecule has 4 rings (SSSR count). The molecule has 2 fully saturated rings. The lowest BCUT2D eigenvalue weighted by Crippen LogP contribution is -2.43. The first-order chi connectivity index (χ1) is 11.6. The first-order valence-electron chi connectivity index (χ1n) is 8.99. The van der Waals surface area contributed by atoms with E-state index in [4.69, 9.17) is 5.21 Å². The Hall–Kier alpha value is -1.50. The van der Waals surface area contributed by atoms with E-state index in [1.165, 1.54) is 38.6 Å². The molecule has 1 aliphatic carbocycles. The lowest BCUT2D eigenvalue weighted by Gasteiger charge is -2.36. The summed E-state index contributed by atoms with van der Waals surface area (Å²) in [7, 11) is 2.29. The Kier molecular flexibility index (Phi) is 4.06. The van der Waals surface area contributed by atoms with Crippen LogP contribution < -0.4 is 5.48 Å². The number of nitrogens with zero attached hydrogens (tertiary/aromatic N) is 3. The molecule has 0 unspecified atom stereocenters. The summed E-state index contributed by atoms with van der Waals surface area (Å²) in [5.41, 5.74) is 4.77. The number of amides is 1. The fourth-order valence-electron chi connectivity index (χ4n) is 4.97. The third kappa shape index (κ3) is 2.62. The maximum Gasteiger partial charge on any atom is 0.276 e. The van der Waals surface area contributed by atoms with Crippen LogP contribution in [-0.2, 0) is 13.0 Å². The lowest BCUT2D eigenvalue weighted by molar-refractivity contribution is 0.0705. The number of fused-ring (bicyclic) bond motifs is 1. The van der Waals surface area contributed by atoms with Crippen molar-refractivity contribution in [3.8, 4) is 0 Å². The van der Waals surface area contributed by atoms with E-state index in [1.54, 1.807) is 11.7 Å². The Morgan fingerprint density at radius 1 is 1.42 bits per heavy atom. The van der Waals surface area contributed by atoms with Crippen molar-refractivity contribution in [2.75, 3.05) is 20.1 Å². The summed E-state index contributed by atoms with van der Waals surface area (Å²) >= 11 is 0. The first-order valence-corrected chi connectivity index (χ1v) is 8.99. The standard InChI is InChI=1S/C18H26N4O2/c1-21-7-2-5-18(21)6-3-15(10-18)22-8-4-13-9-14(17(23)20-24)11-19-16(13)12-22/h9,11,15,24H,2-8,10,12H2,1H3,(H,20,23)/t15-,18-/m1/s1. The maximum absolute atomic E-state index is 11.5. The molecule has 2 atom stereocenters. The molecule has 1 saturated carbocycles. The van der Waals surface area contributed by atoms with Crippen LogP contribution in [0.25, 0.3) is 0 Å². The third-order valence-electron chi connectivity index (χ3n) is 6.47. The predicted molar refractivity (Wildman–Crippen MR) is 89.8 cm³/mol. The van der Waals surface area contributed by atoms with Gasteiger partial charge >= 0.3 is 0 Å².